The van der Waals surface area contributed by atoms with Gasteiger partial charge in [0, 0.05) is 56.0 Å². The Bertz CT molecular complexity index is 854. The molecule has 4 rings (SSSR count). The van der Waals surface area contributed by atoms with Crippen LogP contribution in [0.1, 0.15) is 43.6 Å². The minimum atomic E-state index is -2.66. The molecular formula is C21H27F2N3O2. The summed E-state index contributed by atoms with van der Waals surface area (Å²) in [7, 11) is 0. The van der Waals surface area contributed by atoms with Crippen molar-refractivity contribution in [1.29, 1.82) is 0 Å². The number of rotatable bonds is 4. The molecule has 1 amide bonds. The fourth-order valence-corrected chi connectivity index (χ4v) is 4.02. The first kappa shape index (κ1) is 19.2. The number of aromatic amines is 1. The molecule has 28 heavy (non-hydrogen) atoms. The average molecular weight is 391 g/mol. The second-order valence-electron chi connectivity index (χ2n) is 8.20. The number of carbonyl (C=O) groups is 1. The molecule has 0 radical (unpaired) electrons. The molecule has 7 heteroatoms. The van der Waals surface area contributed by atoms with Crippen molar-refractivity contribution in [3.8, 4) is 5.75 Å². The summed E-state index contributed by atoms with van der Waals surface area (Å²) in [6.07, 6.45) is 0.638. The van der Waals surface area contributed by atoms with Gasteiger partial charge in [-0.05, 0) is 44.5 Å². The third kappa shape index (κ3) is 3.99. The average Bonchev–Trinajstić information content (AvgIpc) is 3.28. The molecule has 1 N–H and O–H groups in total. The van der Waals surface area contributed by atoms with Crippen LogP contribution < -0.4 is 4.74 Å². The second-order valence-corrected chi connectivity index (χ2v) is 8.20. The Morgan fingerprint density at radius 2 is 1.96 bits per heavy atom. The fourth-order valence-electron chi connectivity index (χ4n) is 4.02. The predicted molar refractivity (Wildman–Crippen MR) is 104 cm³/mol. The number of hydrogen-bond donors (Lipinski definition) is 1. The minimum Gasteiger partial charge on any atom is -0.489 e. The van der Waals surface area contributed by atoms with Crippen LogP contribution in [0, 0.1) is 0 Å². The number of likely N-dealkylation sites (tertiary alicyclic amines) is 2. The molecule has 3 heterocycles. The van der Waals surface area contributed by atoms with Gasteiger partial charge in [-0.1, -0.05) is 0 Å². The lowest BCUT2D eigenvalue weighted by atomic mass is 10.1. The molecule has 1 aromatic heterocycles. The zero-order chi connectivity index (χ0) is 19.9. The lowest BCUT2D eigenvalue weighted by Gasteiger charge is -2.31. The van der Waals surface area contributed by atoms with Crippen LogP contribution >= 0.6 is 0 Å². The van der Waals surface area contributed by atoms with Gasteiger partial charge in [0.2, 0.25) is 0 Å². The van der Waals surface area contributed by atoms with Crippen LogP contribution in [0.25, 0.3) is 10.9 Å². The SMILES string of the molecule is CC(C)N1CCC(Oc2ccc3[nH]c(C(=O)N4CCC(F)(F)CC4)cc3c2)C1. The van der Waals surface area contributed by atoms with Gasteiger partial charge in [-0.15, -0.1) is 0 Å². The molecule has 1 atom stereocenters. The summed E-state index contributed by atoms with van der Waals surface area (Å²) in [5.41, 5.74) is 1.28. The Hall–Kier alpha value is -2.15. The van der Waals surface area contributed by atoms with Gasteiger partial charge in [0.15, 0.2) is 0 Å². The van der Waals surface area contributed by atoms with Crippen molar-refractivity contribution in [3.05, 3.63) is 30.0 Å². The van der Waals surface area contributed by atoms with E-state index in [0.717, 1.165) is 36.2 Å². The Morgan fingerprint density at radius 3 is 2.64 bits per heavy atom. The maximum absolute atomic E-state index is 13.3. The summed E-state index contributed by atoms with van der Waals surface area (Å²) < 4.78 is 32.8. The maximum Gasteiger partial charge on any atom is 0.270 e. The van der Waals surface area contributed by atoms with Gasteiger partial charge in [-0.2, -0.15) is 0 Å². The van der Waals surface area contributed by atoms with E-state index in [9.17, 15) is 13.6 Å². The number of aromatic nitrogens is 1. The summed E-state index contributed by atoms with van der Waals surface area (Å²) in [6, 6.07) is 8.05. The first-order valence-corrected chi connectivity index (χ1v) is 10.0. The normalized spacial score (nSPS) is 22.9. The van der Waals surface area contributed by atoms with Gasteiger partial charge < -0.3 is 14.6 Å². The zero-order valence-electron chi connectivity index (χ0n) is 16.4. The summed E-state index contributed by atoms with van der Waals surface area (Å²) in [5.74, 6) is -2.09. The monoisotopic (exact) mass is 391 g/mol. The van der Waals surface area contributed by atoms with Gasteiger partial charge in [0.1, 0.15) is 17.5 Å². The van der Waals surface area contributed by atoms with E-state index in [1.807, 2.05) is 18.2 Å². The standard InChI is InChI=1S/C21H27F2N3O2/c1-14(2)26-8-5-17(13-26)28-16-3-4-18-15(11-16)12-19(24-18)20(27)25-9-6-21(22,23)7-10-25/h3-4,11-12,14,17,24H,5-10,13H2,1-2H3. The number of ether oxygens (including phenoxy) is 1. The van der Waals surface area contributed by atoms with Crippen molar-refractivity contribution < 1.29 is 18.3 Å². The molecule has 2 aliphatic heterocycles. The number of fused-ring (bicyclic) bond motifs is 1. The van der Waals surface area contributed by atoms with Crippen LogP contribution in [0.15, 0.2) is 24.3 Å². The Kier molecular flexibility index (Phi) is 5.04. The number of H-pyrrole nitrogens is 1. The van der Waals surface area contributed by atoms with Gasteiger partial charge in [-0.3, -0.25) is 9.69 Å². The molecule has 152 valence electrons. The Morgan fingerprint density at radius 1 is 1.21 bits per heavy atom. The number of piperidine rings is 1. The molecule has 2 aromatic rings. The van der Waals surface area contributed by atoms with Crippen LogP contribution in [-0.2, 0) is 0 Å². The van der Waals surface area contributed by atoms with E-state index in [0.29, 0.717) is 11.7 Å². The molecule has 5 nitrogen and oxygen atoms in total. The smallest absolute Gasteiger partial charge is 0.270 e. The van der Waals surface area contributed by atoms with E-state index in [-0.39, 0.29) is 37.9 Å². The molecule has 1 aromatic carbocycles. The van der Waals surface area contributed by atoms with Gasteiger partial charge in [0.05, 0.1) is 0 Å². The van der Waals surface area contributed by atoms with E-state index in [2.05, 4.69) is 23.7 Å². The molecule has 2 aliphatic rings. The zero-order valence-corrected chi connectivity index (χ0v) is 16.4. The highest BCUT2D eigenvalue weighted by Crippen LogP contribution is 2.29. The van der Waals surface area contributed by atoms with Crippen LogP contribution in [0.4, 0.5) is 8.78 Å². The number of alkyl halides is 2. The lowest BCUT2D eigenvalue weighted by molar-refractivity contribution is -0.0495. The molecule has 1 unspecified atom stereocenters. The van der Waals surface area contributed by atoms with E-state index in [1.165, 1.54) is 4.90 Å². The summed E-state index contributed by atoms with van der Waals surface area (Å²) in [6.45, 7) is 6.52. The largest absolute Gasteiger partial charge is 0.489 e. The lowest BCUT2D eigenvalue weighted by Crippen LogP contribution is -2.42. The van der Waals surface area contributed by atoms with E-state index in [1.54, 1.807) is 6.07 Å². The summed E-state index contributed by atoms with van der Waals surface area (Å²) in [4.78, 5) is 19.7. The first-order valence-electron chi connectivity index (χ1n) is 10.0. The number of hydrogen-bond acceptors (Lipinski definition) is 3. The van der Waals surface area contributed by atoms with Crippen LogP contribution in [0.5, 0.6) is 5.75 Å². The predicted octanol–water partition coefficient (Wildman–Crippen LogP) is 3.90. The molecule has 0 spiro atoms. The fraction of sp³-hybridized carbons (Fsp3) is 0.571. The Balaban J connectivity index is 1.44. The Labute approximate surface area is 163 Å². The van der Waals surface area contributed by atoms with Crippen molar-refractivity contribution in [1.82, 2.24) is 14.8 Å². The molecule has 0 saturated carbocycles. The number of nitrogens with one attached hydrogen (secondary N) is 1. The molecule has 2 fully saturated rings. The highest BCUT2D eigenvalue weighted by molar-refractivity contribution is 5.98. The van der Waals surface area contributed by atoms with E-state index in [4.69, 9.17) is 4.74 Å². The van der Waals surface area contributed by atoms with E-state index < -0.39 is 5.92 Å². The third-order valence-electron chi connectivity index (χ3n) is 5.81. The van der Waals surface area contributed by atoms with Crippen molar-refractivity contribution in [3.63, 3.8) is 0 Å². The summed E-state index contributed by atoms with van der Waals surface area (Å²) in [5, 5.41) is 0.891. The van der Waals surface area contributed by atoms with Gasteiger partial charge in [-0.25, -0.2) is 8.78 Å². The number of benzene rings is 1. The van der Waals surface area contributed by atoms with Crippen molar-refractivity contribution in [2.45, 2.75) is 51.2 Å². The van der Waals surface area contributed by atoms with Gasteiger partial charge >= 0.3 is 0 Å². The van der Waals surface area contributed by atoms with Crippen LogP contribution in [0.2, 0.25) is 0 Å². The number of nitrogens with zero attached hydrogens (tertiary/aromatic N) is 2. The van der Waals surface area contributed by atoms with Crippen LogP contribution in [-0.4, -0.2) is 64.9 Å². The highest BCUT2D eigenvalue weighted by atomic mass is 19.3. The third-order valence-corrected chi connectivity index (χ3v) is 5.81. The molecule has 0 aliphatic carbocycles. The van der Waals surface area contributed by atoms with Crippen molar-refractivity contribution in [2.24, 2.45) is 0 Å². The quantitative estimate of drug-likeness (QED) is 0.860. The molecular weight excluding hydrogens is 364 g/mol. The van der Waals surface area contributed by atoms with E-state index >= 15 is 0 Å². The number of amides is 1. The number of halogens is 2. The highest BCUT2D eigenvalue weighted by Gasteiger charge is 2.36. The molecule has 2 saturated heterocycles. The van der Waals surface area contributed by atoms with Crippen molar-refractivity contribution >= 4 is 16.8 Å². The van der Waals surface area contributed by atoms with Crippen molar-refractivity contribution in [2.75, 3.05) is 26.2 Å². The minimum absolute atomic E-state index is 0.0869. The van der Waals surface area contributed by atoms with Gasteiger partial charge in [0.25, 0.3) is 11.8 Å². The molecule has 0 bridgehead atoms. The first-order chi connectivity index (χ1) is 13.3. The van der Waals surface area contributed by atoms with Crippen LogP contribution in [0.3, 0.4) is 0 Å². The summed E-state index contributed by atoms with van der Waals surface area (Å²) >= 11 is 0. The maximum atomic E-state index is 13.3. The topological polar surface area (TPSA) is 48.6 Å². The second kappa shape index (κ2) is 7.35. The number of carbonyl (C=O) groups excluding carboxylic acids is 1.